The van der Waals surface area contributed by atoms with Crippen LogP contribution >= 0.6 is 11.8 Å². The molecule has 0 fully saturated rings. The van der Waals surface area contributed by atoms with Crippen LogP contribution in [-0.2, 0) is 4.79 Å². The van der Waals surface area contributed by atoms with Crippen molar-refractivity contribution in [2.75, 3.05) is 5.75 Å². The van der Waals surface area contributed by atoms with E-state index in [9.17, 15) is 4.79 Å². The monoisotopic (exact) mass is 241 g/mol. The molecule has 3 heteroatoms. The Bertz CT molecular complexity index is 605. The Labute approximate surface area is 104 Å². The van der Waals surface area contributed by atoms with Crippen LogP contribution < -0.4 is 0 Å². The average molecular weight is 241 g/mol. The van der Waals surface area contributed by atoms with Crippen LogP contribution in [0.4, 0.5) is 0 Å². The van der Waals surface area contributed by atoms with E-state index in [2.05, 4.69) is 16.8 Å². The number of rotatable bonds is 1. The molecule has 1 heterocycles. The number of aromatic nitrogens is 1. The predicted molar refractivity (Wildman–Crippen MR) is 71.8 cm³/mol. The number of carbonyl (C=O) groups excluding carboxylic acids is 1. The second kappa shape index (κ2) is 5.51. The molecular weight excluding hydrogens is 230 g/mol. The first-order valence-corrected chi connectivity index (χ1v) is 6.22. The molecule has 0 atom stereocenters. The van der Waals surface area contributed by atoms with Crippen molar-refractivity contribution in [3.05, 3.63) is 42.1 Å². The van der Waals surface area contributed by atoms with Gasteiger partial charge in [0.2, 0.25) is 0 Å². The molecule has 0 spiro atoms. The first kappa shape index (κ1) is 11.7. The largest absolute Gasteiger partial charge is 0.288 e. The lowest BCUT2D eigenvalue weighted by molar-refractivity contribution is -0.109. The summed E-state index contributed by atoms with van der Waals surface area (Å²) < 4.78 is 0. The number of fused-ring (bicyclic) bond motifs is 1. The molecule has 0 N–H and O–H groups in total. The zero-order valence-corrected chi connectivity index (χ0v) is 10.3. The van der Waals surface area contributed by atoms with Crippen LogP contribution in [0.5, 0.6) is 0 Å². The lowest BCUT2D eigenvalue weighted by Gasteiger charge is -1.97. The van der Waals surface area contributed by atoms with Gasteiger partial charge in [0.1, 0.15) is 0 Å². The number of carbonyl (C=O) groups is 1. The fourth-order valence-electron chi connectivity index (χ4n) is 1.47. The number of hydrogen-bond acceptors (Lipinski definition) is 3. The van der Waals surface area contributed by atoms with E-state index >= 15 is 0 Å². The molecule has 1 aromatic carbocycles. The summed E-state index contributed by atoms with van der Waals surface area (Å²) in [6.45, 7) is 1.55. The van der Waals surface area contributed by atoms with Crippen LogP contribution in [0.2, 0.25) is 0 Å². The Morgan fingerprint density at radius 2 is 2.18 bits per heavy atom. The normalized spacial score (nSPS) is 9.71. The Morgan fingerprint density at radius 3 is 3.00 bits per heavy atom. The van der Waals surface area contributed by atoms with Gasteiger partial charge in [-0.15, -0.1) is 0 Å². The van der Waals surface area contributed by atoms with Crippen molar-refractivity contribution in [2.24, 2.45) is 0 Å². The highest BCUT2D eigenvalue weighted by Crippen LogP contribution is 2.14. The van der Waals surface area contributed by atoms with Crippen molar-refractivity contribution in [3.63, 3.8) is 0 Å². The highest BCUT2D eigenvalue weighted by molar-refractivity contribution is 8.13. The van der Waals surface area contributed by atoms with Crippen LogP contribution in [0.15, 0.2) is 36.5 Å². The van der Waals surface area contributed by atoms with Gasteiger partial charge >= 0.3 is 0 Å². The van der Waals surface area contributed by atoms with Crippen LogP contribution in [-0.4, -0.2) is 15.9 Å². The van der Waals surface area contributed by atoms with Crippen molar-refractivity contribution in [1.29, 1.82) is 0 Å². The van der Waals surface area contributed by atoms with E-state index in [1.807, 2.05) is 30.3 Å². The minimum Gasteiger partial charge on any atom is -0.288 e. The van der Waals surface area contributed by atoms with Crippen LogP contribution in [0.3, 0.4) is 0 Å². The molecule has 0 amide bonds. The van der Waals surface area contributed by atoms with Gasteiger partial charge in [0.05, 0.1) is 16.8 Å². The SMILES string of the molecule is CC(=O)SCC#Cc1cccc2cccnc12. The van der Waals surface area contributed by atoms with E-state index in [0.717, 1.165) is 16.5 Å². The minimum absolute atomic E-state index is 0.0929. The third-order valence-electron chi connectivity index (χ3n) is 2.20. The summed E-state index contributed by atoms with van der Waals surface area (Å²) in [7, 11) is 0. The van der Waals surface area contributed by atoms with E-state index in [0.29, 0.717) is 5.75 Å². The van der Waals surface area contributed by atoms with E-state index < -0.39 is 0 Å². The second-order valence-electron chi connectivity index (χ2n) is 3.46. The highest BCUT2D eigenvalue weighted by Gasteiger charge is 1.97. The molecule has 2 nitrogen and oxygen atoms in total. The molecule has 17 heavy (non-hydrogen) atoms. The van der Waals surface area contributed by atoms with Crippen molar-refractivity contribution in [3.8, 4) is 11.8 Å². The number of hydrogen-bond donors (Lipinski definition) is 0. The smallest absolute Gasteiger partial charge is 0.186 e. The number of para-hydroxylation sites is 1. The van der Waals surface area contributed by atoms with Crippen LogP contribution in [0.1, 0.15) is 12.5 Å². The van der Waals surface area contributed by atoms with Gasteiger partial charge in [-0.2, -0.15) is 0 Å². The Balaban J connectivity index is 2.26. The van der Waals surface area contributed by atoms with Crippen molar-refractivity contribution in [2.45, 2.75) is 6.92 Å². The topological polar surface area (TPSA) is 30.0 Å². The Hall–Kier alpha value is -1.79. The summed E-state index contributed by atoms with van der Waals surface area (Å²) in [4.78, 5) is 15.1. The fraction of sp³-hybridized carbons (Fsp3) is 0.143. The standard InChI is InChI=1S/C14H11NOS/c1-11(16)17-10-4-8-13-6-2-5-12-7-3-9-15-14(12)13/h2-3,5-7,9H,10H2,1H3. The lowest BCUT2D eigenvalue weighted by atomic mass is 10.1. The summed E-state index contributed by atoms with van der Waals surface area (Å²) in [5, 5.41) is 1.17. The number of thioether (sulfide) groups is 1. The van der Waals surface area contributed by atoms with Crippen LogP contribution in [0.25, 0.3) is 10.9 Å². The van der Waals surface area contributed by atoms with Gasteiger partial charge in [0.25, 0.3) is 0 Å². The van der Waals surface area contributed by atoms with Crippen molar-refractivity contribution in [1.82, 2.24) is 4.98 Å². The molecule has 2 aromatic rings. The van der Waals surface area contributed by atoms with Gasteiger partial charge in [-0.1, -0.05) is 41.8 Å². The summed E-state index contributed by atoms with van der Waals surface area (Å²) in [5.74, 6) is 6.56. The molecule has 0 saturated heterocycles. The number of nitrogens with zero attached hydrogens (tertiary/aromatic N) is 1. The van der Waals surface area contributed by atoms with E-state index in [4.69, 9.17) is 0 Å². The average Bonchev–Trinajstić information content (AvgIpc) is 2.34. The number of pyridine rings is 1. The van der Waals surface area contributed by atoms with E-state index in [-0.39, 0.29) is 5.12 Å². The molecule has 1 aromatic heterocycles. The van der Waals surface area contributed by atoms with Gasteiger partial charge in [-0.05, 0) is 12.1 Å². The summed E-state index contributed by atoms with van der Waals surface area (Å²) in [6.07, 6.45) is 1.76. The highest BCUT2D eigenvalue weighted by atomic mass is 32.2. The predicted octanol–water partition coefficient (Wildman–Crippen LogP) is 2.87. The Kier molecular flexibility index (Phi) is 3.79. The first-order valence-electron chi connectivity index (χ1n) is 5.23. The third-order valence-corrected chi connectivity index (χ3v) is 2.90. The zero-order chi connectivity index (χ0) is 12.1. The van der Waals surface area contributed by atoms with Gasteiger partial charge < -0.3 is 0 Å². The molecular formula is C14H11NOS. The molecule has 0 unspecified atom stereocenters. The molecule has 0 saturated carbocycles. The molecule has 0 radical (unpaired) electrons. The summed E-state index contributed by atoms with van der Waals surface area (Å²) in [6, 6.07) is 9.84. The van der Waals surface area contributed by atoms with Gasteiger partial charge in [-0.3, -0.25) is 9.78 Å². The van der Waals surface area contributed by atoms with Crippen molar-refractivity contribution < 1.29 is 4.79 Å². The quantitative estimate of drug-likeness (QED) is 0.719. The first-order chi connectivity index (χ1) is 8.27. The fourth-order valence-corrected chi connectivity index (χ4v) is 1.82. The number of benzene rings is 1. The maximum atomic E-state index is 10.8. The molecule has 0 aliphatic heterocycles. The van der Waals surface area contributed by atoms with E-state index in [1.54, 1.807) is 13.1 Å². The maximum Gasteiger partial charge on any atom is 0.186 e. The van der Waals surface area contributed by atoms with Crippen LogP contribution in [0, 0.1) is 11.8 Å². The molecule has 0 aliphatic rings. The molecule has 0 aliphatic carbocycles. The molecule has 0 bridgehead atoms. The van der Waals surface area contributed by atoms with Crippen molar-refractivity contribution >= 4 is 27.8 Å². The second-order valence-corrected chi connectivity index (χ2v) is 4.61. The maximum absolute atomic E-state index is 10.8. The molecule has 2 rings (SSSR count). The third kappa shape index (κ3) is 3.08. The van der Waals surface area contributed by atoms with E-state index in [1.165, 1.54) is 11.8 Å². The van der Waals surface area contributed by atoms with Gasteiger partial charge in [0, 0.05) is 18.5 Å². The zero-order valence-electron chi connectivity index (χ0n) is 9.43. The minimum atomic E-state index is 0.0929. The molecule has 84 valence electrons. The van der Waals surface area contributed by atoms with Gasteiger partial charge in [0.15, 0.2) is 5.12 Å². The van der Waals surface area contributed by atoms with Gasteiger partial charge in [-0.25, -0.2) is 0 Å². The Morgan fingerprint density at radius 1 is 1.35 bits per heavy atom. The summed E-state index contributed by atoms with van der Waals surface area (Å²) in [5.41, 5.74) is 1.82. The lowest BCUT2D eigenvalue weighted by Crippen LogP contribution is -1.85. The summed E-state index contributed by atoms with van der Waals surface area (Å²) >= 11 is 1.22.